The molecule has 0 aliphatic carbocycles. The van der Waals surface area contributed by atoms with E-state index in [1.165, 1.54) is 5.69 Å². The number of para-hydroxylation sites is 1. The summed E-state index contributed by atoms with van der Waals surface area (Å²) in [5.41, 5.74) is 1.18. The zero-order valence-corrected chi connectivity index (χ0v) is 16.6. The molecule has 2 atom stereocenters. The number of amides is 2. The van der Waals surface area contributed by atoms with Gasteiger partial charge < -0.3 is 15.1 Å². The van der Waals surface area contributed by atoms with E-state index < -0.39 is 0 Å². The van der Waals surface area contributed by atoms with Crippen LogP contribution >= 0.6 is 0 Å². The third kappa shape index (κ3) is 5.48. The molecule has 0 aromatic heterocycles. The number of nitrogens with zero attached hydrogens (tertiary/aromatic N) is 2. The third-order valence-corrected chi connectivity index (χ3v) is 5.13. The second kappa shape index (κ2) is 9.60. The molecule has 144 valence electrons. The lowest BCUT2D eigenvalue weighted by Crippen LogP contribution is -2.52. The van der Waals surface area contributed by atoms with Crippen LogP contribution in [0.5, 0.6) is 0 Å². The molecule has 0 saturated carbocycles. The summed E-state index contributed by atoms with van der Waals surface area (Å²) < 4.78 is 0. The highest BCUT2D eigenvalue weighted by atomic mass is 16.2. The molecule has 5 heteroatoms. The normalized spacial score (nSPS) is 20.3. The minimum atomic E-state index is -0.0988. The minimum absolute atomic E-state index is 0.0226. The van der Waals surface area contributed by atoms with Crippen LogP contribution in [-0.2, 0) is 9.59 Å². The molecule has 2 amide bonds. The van der Waals surface area contributed by atoms with Gasteiger partial charge in [0.15, 0.2) is 0 Å². The molecule has 1 heterocycles. The fraction of sp³-hybridized carbons (Fsp3) is 0.619. The Balaban J connectivity index is 1.77. The molecule has 1 aromatic rings. The van der Waals surface area contributed by atoms with Crippen LogP contribution < -0.4 is 10.2 Å². The number of rotatable bonds is 8. The van der Waals surface area contributed by atoms with Crippen LogP contribution in [0, 0.1) is 11.8 Å². The SMILES string of the molecule is CC(C)CN1C(=O)CC[C@@H](C(=O)NCCCN(C)c2ccccc2)[C@H]1C. The van der Waals surface area contributed by atoms with Crippen molar-refractivity contribution in [3.63, 3.8) is 0 Å². The number of nitrogens with one attached hydrogen (secondary N) is 1. The zero-order chi connectivity index (χ0) is 19.1. The summed E-state index contributed by atoms with van der Waals surface area (Å²) >= 11 is 0. The van der Waals surface area contributed by atoms with Crippen molar-refractivity contribution in [2.75, 3.05) is 31.6 Å². The van der Waals surface area contributed by atoms with Gasteiger partial charge in [-0.25, -0.2) is 0 Å². The largest absolute Gasteiger partial charge is 0.375 e. The van der Waals surface area contributed by atoms with Crippen LogP contribution in [0.4, 0.5) is 5.69 Å². The number of hydrogen-bond donors (Lipinski definition) is 1. The fourth-order valence-corrected chi connectivity index (χ4v) is 3.59. The molecular formula is C21H33N3O2. The Bertz CT molecular complexity index is 588. The first-order chi connectivity index (χ1) is 12.4. The van der Waals surface area contributed by atoms with E-state index in [1.807, 2.05) is 30.0 Å². The molecule has 0 radical (unpaired) electrons. The highest BCUT2D eigenvalue weighted by Gasteiger charge is 2.36. The Morgan fingerprint density at radius 3 is 2.65 bits per heavy atom. The number of carbonyl (C=O) groups excluding carboxylic acids is 2. The average molecular weight is 360 g/mol. The Kier molecular flexibility index (Phi) is 7.49. The van der Waals surface area contributed by atoms with Gasteiger partial charge >= 0.3 is 0 Å². The van der Waals surface area contributed by atoms with Crippen molar-refractivity contribution in [3.05, 3.63) is 30.3 Å². The topological polar surface area (TPSA) is 52.7 Å². The van der Waals surface area contributed by atoms with E-state index in [1.54, 1.807) is 0 Å². The summed E-state index contributed by atoms with van der Waals surface area (Å²) in [7, 11) is 2.07. The Morgan fingerprint density at radius 1 is 1.31 bits per heavy atom. The Labute approximate surface area is 157 Å². The maximum Gasteiger partial charge on any atom is 0.225 e. The van der Waals surface area contributed by atoms with E-state index in [0.717, 1.165) is 19.5 Å². The van der Waals surface area contributed by atoms with Crippen molar-refractivity contribution in [2.45, 2.75) is 46.1 Å². The Morgan fingerprint density at radius 2 is 2.00 bits per heavy atom. The predicted molar refractivity (Wildman–Crippen MR) is 106 cm³/mol. The number of piperidine rings is 1. The van der Waals surface area contributed by atoms with Crippen molar-refractivity contribution in [1.82, 2.24) is 10.2 Å². The molecular weight excluding hydrogens is 326 g/mol. The first kappa shape index (κ1) is 20.3. The number of likely N-dealkylation sites (tertiary alicyclic amines) is 1. The summed E-state index contributed by atoms with van der Waals surface area (Å²) in [6.45, 7) is 8.50. The van der Waals surface area contributed by atoms with Crippen molar-refractivity contribution in [3.8, 4) is 0 Å². The summed E-state index contributed by atoms with van der Waals surface area (Å²) in [5, 5.41) is 3.07. The van der Waals surface area contributed by atoms with Gasteiger partial charge in [-0.15, -0.1) is 0 Å². The summed E-state index contributed by atoms with van der Waals surface area (Å²) in [5.74, 6) is 0.580. The van der Waals surface area contributed by atoms with Crippen molar-refractivity contribution in [2.24, 2.45) is 11.8 Å². The highest BCUT2D eigenvalue weighted by molar-refractivity contribution is 5.84. The van der Waals surface area contributed by atoms with Crippen molar-refractivity contribution < 1.29 is 9.59 Å². The van der Waals surface area contributed by atoms with E-state index in [9.17, 15) is 9.59 Å². The zero-order valence-electron chi connectivity index (χ0n) is 16.6. The van der Waals surface area contributed by atoms with Gasteiger partial charge in [0, 0.05) is 44.8 Å². The molecule has 1 N–H and O–H groups in total. The van der Waals surface area contributed by atoms with Gasteiger partial charge in [0.25, 0.3) is 0 Å². The van der Waals surface area contributed by atoms with E-state index in [2.05, 4.69) is 43.2 Å². The lowest BCUT2D eigenvalue weighted by molar-refractivity contribution is -0.142. The van der Waals surface area contributed by atoms with Gasteiger partial charge in [-0.2, -0.15) is 0 Å². The van der Waals surface area contributed by atoms with Gasteiger partial charge in [-0.3, -0.25) is 9.59 Å². The smallest absolute Gasteiger partial charge is 0.225 e. The summed E-state index contributed by atoms with van der Waals surface area (Å²) in [4.78, 5) is 28.8. The second-order valence-electron chi connectivity index (χ2n) is 7.73. The van der Waals surface area contributed by atoms with Crippen LogP contribution in [0.25, 0.3) is 0 Å². The monoisotopic (exact) mass is 359 g/mol. The van der Waals surface area contributed by atoms with Crippen LogP contribution in [0.15, 0.2) is 30.3 Å². The van der Waals surface area contributed by atoms with E-state index in [0.29, 0.717) is 25.3 Å². The van der Waals surface area contributed by atoms with Crippen molar-refractivity contribution >= 4 is 17.5 Å². The molecule has 0 bridgehead atoms. The minimum Gasteiger partial charge on any atom is -0.375 e. The lowest BCUT2D eigenvalue weighted by atomic mass is 9.88. The highest BCUT2D eigenvalue weighted by Crippen LogP contribution is 2.25. The number of carbonyl (C=O) groups is 2. The number of benzene rings is 1. The quantitative estimate of drug-likeness (QED) is 0.726. The fourth-order valence-electron chi connectivity index (χ4n) is 3.59. The van der Waals surface area contributed by atoms with Crippen LogP contribution in [0.1, 0.15) is 40.0 Å². The van der Waals surface area contributed by atoms with Crippen molar-refractivity contribution in [1.29, 1.82) is 0 Å². The van der Waals surface area contributed by atoms with Gasteiger partial charge in [0.1, 0.15) is 0 Å². The van der Waals surface area contributed by atoms with Gasteiger partial charge in [0.05, 0.1) is 5.92 Å². The molecule has 2 rings (SSSR count). The molecule has 1 aromatic carbocycles. The number of anilines is 1. The lowest BCUT2D eigenvalue weighted by Gasteiger charge is -2.39. The molecule has 1 saturated heterocycles. The standard InChI is InChI=1S/C21H33N3O2/c1-16(2)15-24-17(3)19(11-12-20(24)25)21(26)22-13-8-14-23(4)18-9-6-5-7-10-18/h5-7,9-10,16-17,19H,8,11-15H2,1-4H3,(H,22,26)/t17-,19-/m1/s1. The maximum absolute atomic E-state index is 12.6. The average Bonchev–Trinajstić information content (AvgIpc) is 2.62. The summed E-state index contributed by atoms with van der Waals surface area (Å²) in [6.07, 6.45) is 2.03. The third-order valence-electron chi connectivity index (χ3n) is 5.13. The predicted octanol–water partition coefficient (Wildman–Crippen LogP) is 2.91. The van der Waals surface area contributed by atoms with Crippen LogP contribution in [0.2, 0.25) is 0 Å². The molecule has 1 aliphatic rings. The Hall–Kier alpha value is -2.04. The molecule has 0 spiro atoms. The molecule has 5 nitrogen and oxygen atoms in total. The van der Waals surface area contributed by atoms with Gasteiger partial charge in [-0.05, 0) is 37.8 Å². The van der Waals surface area contributed by atoms with E-state index in [4.69, 9.17) is 0 Å². The van der Waals surface area contributed by atoms with E-state index >= 15 is 0 Å². The number of hydrogen-bond acceptors (Lipinski definition) is 3. The van der Waals surface area contributed by atoms with Crippen LogP contribution in [-0.4, -0.2) is 49.4 Å². The maximum atomic E-state index is 12.6. The van der Waals surface area contributed by atoms with Crippen LogP contribution in [0.3, 0.4) is 0 Å². The molecule has 1 fully saturated rings. The van der Waals surface area contributed by atoms with E-state index in [-0.39, 0.29) is 23.8 Å². The molecule has 1 aliphatic heterocycles. The molecule has 26 heavy (non-hydrogen) atoms. The first-order valence-electron chi connectivity index (χ1n) is 9.73. The molecule has 0 unspecified atom stereocenters. The van der Waals surface area contributed by atoms with Gasteiger partial charge in [0.2, 0.25) is 11.8 Å². The second-order valence-corrected chi connectivity index (χ2v) is 7.73. The summed E-state index contributed by atoms with van der Waals surface area (Å²) in [6, 6.07) is 10.2. The van der Waals surface area contributed by atoms with Gasteiger partial charge in [-0.1, -0.05) is 32.0 Å². The first-order valence-corrected chi connectivity index (χ1v) is 9.73.